The van der Waals surface area contributed by atoms with Crippen LogP contribution in [0.15, 0.2) is 40.4 Å². The maximum absolute atomic E-state index is 13.2. The molecule has 7 heteroatoms. The highest BCUT2D eigenvalue weighted by Crippen LogP contribution is 2.22. The molecule has 0 saturated heterocycles. The van der Waals surface area contributed by atoms with Gasteiger partial charge in [-0.25, -0.2) is 17.6 Å². The average Bonchev–Trinajstić information content (AvgIpc) is 2.53. The lowest BCUT2D eigenvalue weighted by Gasteiger charge is -2.18. The van der Waals surface area contributed by atoms with Crippen LogP contribution in [0.4, 0.5) is 4.39 Å². The molecule has 0 bridgehead atoms. The van der Waals surface area contributed by atoms with Crippen LogP contribution in [0.2, 0.25) is 0 Å². The minimum atomic E-state index is -3.55. The number of hydrogen-bond acceptors (Lipinski definition) is 5. The Hall–Kier alpha value is -2.15. The van der Waals surface area contributed by atoms with Crippen molar-refractivity contribution in [2.24, 2.45) is 0 Å². The van der Waals surface area contributed by atoms with Gasteiger partial charge in [0.2, 0.25) is 0 Å². The van der Waals surface area contributed by atoms with Crippen molar-refractivity contribution in [2.75, 3.05) is 13.4 Å². The normalized spacial score (nSPS) is 13.8. The van der Waals surface area contributed by atoms with Gasteiger partial charge in [0.15, 0.2) is 9.84 Å². The van der Waals surface area contributed by atoms with Gasteiger partial charge in [0.05, 0.1) is 18.4 Å². The number of hydrogen-bond donors (Lipinski definition) is 1. The van der Waals surface area contributed by atoms with Gasteiger partial charge in [0.1, 0.15) is 10.8 Å². The number of allylic oxidation sites excluding steroid dienone is 1. The van der Waals surface area contributed by atoms with Crippen molar-refractivity contribution in [3.8, 4) is 0 Å². The second-order valence-electron chi connectivity index (χ2n) is 5.36. The van der Waals surface area contributed by atoms with E-state index in [1.807, 2.05) is 6.92 Å². The molecule has 0 heterocycles. The monoisotopic (exact) mass is 355 g/mol. The molecule has 0 saturated carbocycles. The summed E-state index contributed by atoms with van der Waals surface area (Å²) in [6.07, 6.45) is 1.60. The van der Waals surface area contributed by atoms with Crippen LogP contribution in [-0.4, -0.2) is 27.8 Å². The van der Waals surface area contributed by atoms with Crippen LogP contribution < -0.4 is 5.32 Å². The standard InChI is InChI=1S/C17H22FNO4S/c1-6-11(2)16(24(5,21)22)19-15(12(3)17(20)23-4)13-7-9-14(18)10-8-13/h7-10,19H,6H2,1-5H3/b15-12+,16-11-. The third-order valence-corrected chi connectivity index (χ3v) is 4.72. The Labute approximate surface area is 142 Å². The van der Waals surface area contributed by atoms with Crippen molar-refractivity contribution >= 4 is 21.5 Å². The lowest BCUT2D eigenvalue weighted by atomic mass is 10.1. The van der Waals surface area contributed by atoms with Crippen molar-refractivity contribution < 1.29 is 22.3 Å². The quantitative estimate of drug-likeness (QED) is 0.627. The Morgan fingerprint density at radius 2 is 1.75 bits per heavy atom. The van der Waals surface area contributed by atoms with Gasteiger partial charge in [-0.1, -0.05) is 6.92 Å². The number of halogens is 1. The molecule has 5 nitrogen and oxygen atoms in total. The van der Waals surface area contributed by atoms with Crippen LogP contribution in [0, 0.1) is 5.82 Å². The predicted molar refractivity (Wildman–Crippen MR) is 92.0 cm³/mol. The van der Waals surface area contributed by atoms with Gasteiger partial charge in [0.25, 0.3) is 0 Å². The highest BCUT2D eigenvalue weighted by Gasteiger charge is 2.20. The van der Waals surface area contributed by atoms with Crippen LogP contribution in [0.25, 0.3) is 5.70 Å². The number of methoxy groups -OCH3 is 1. The third kappa shape index (κ3) is 4.92. The van der Waals surface area contributed by atoms with E-state index in [1.54, 1.807) is 6.92 Å². The van der Waals surface area contributed by atoms with Crippen molar-refractivity contribution in [3.63, 3.8) is 0 Å². The molecular formula is C17H22FNO4S. The first-order chi connectivity index (χ1) is 11.1. The van der Waals surface area contributed by atoms with E-state index < -0.39 is 21.6 Å². The number of rotatable bonds is 6. The van der Waals surface area contributed by atoms with Crippen molar-refractivity contribution in [2.45, 2.75) is 27.2 Å². The third-order valence-electron chi connectivity index (χ3n) is 3.53. The fourth-order valence-electron chi connectivity index (χ4n) is 2.04. The zero-order chi connectivity index (χ0) is 18.5. The summed E-state index contributed by atoms with van der Waals surface area (Å²) in [5.41, 5.74) is 1.54. The van der Waals surface area contributed by atoms with E-state index in [1.165, 1.54) is 38.3 Å². The number of carbonyl (C=O) groups excluding carboxylic acids is 1. The van der Waals surface area contributed by atoms with Crippen LogP contribution >= 0.6 is 0 Å². The van der Waals surface area contributed by atoms with Crippen LogP contribution in [0.1, 0.15) is 32.8 Å². The van der Waals surface area contributed by atoms with Crippen LogP contribution in [-0.2, 0) is 19.4 Å². The Morgan fingerprint density at radius 3 is 2.17 bits per heavy atom. The molecule has 0 radical (unpaired) electrons. The maximum Gasteiger partial charge on any atom is 0.335 e. The molecule has 132 valence electrons. The number of benzene rings is 1. The molecule has 24 heavy (non-hydrogen) atoms. The molecule has 0 fully saturated rings. The summed E-state index contributed by atoms with van der Waals surface area (Å²) >= 11 is 0. The predicted octanol–water partition coefficient (Wildman–Crippen LogP) is 3.01. The Kier molecular flexibility index (Phi) is 6.71. The molecule has 1 aromatic rings. The topological polar surface area (TPSA) is 72.5 Å². The average molecular weight is 355 g/mol. The zero-order valence-electron chi connectivity index (χ0n) is 14.4. The van der Waals surface area contributed by atoms with Gasteiger partial charge in [-0.15, -0.1) is 0 Å². The van der Waals surface area contributed by atoms with E-state index in [-0.39, 0.29) is 16.3 Å². The minimum absolute atomic E-state index is 0.0209. The second-order valence-corrected chi connectivity index (χ2v) is 7.31. The van der Waals surface area contributed by atoms with Gasteiger partial charge < -0.3 is 10.1 Å². The first kappa shape index (κ1) is 19.9. The minimum Gasteiger partial charge on any atom is -0.466 e. The van der Waals surface area contributed by atoms with E-state index in [0.717, 1.165) is 6.26 Å². The van der Waals surface area contributed by atoms with Crippen LogP contribution in [0.3, 0.4) is 0 Å². The summed E-state index contributed by atoms with van der Waals surface area (Å²) in [6, 6.07) is 5.40. The molecule has 0 atom stereocenters. The van der Waals surface area contributed by atoms with Gasteiger partial charge in [0, 0.05) is 6.26 Å². The molecule has 0 unspecified atom stereocenters. The van der Waals surface area contributed by atoms with Crippen molar-refractivity contribution in [1.29, 1.82) is 0 Å². The molecule has 1 aromatic carbocycles. The smallest absolute Gasteiger partial charge is 0.335 e. The first-order valence-electron chi connectivity index (χ1n) is 7.33. The Balaban J connectivity index is 3.55. The number of carbonyl (C=O) groups is 1. The summed E-state index contributed by atoms with van der Waals surface area (Å²) in [4.78, 5) is 11.9. The molecule has 0 aliphatic heterocycles. The Bertz CT molecular complexity index is 777. The number of esters is 1. The molecule has 0 spiro atoms. The zero-order valence-corrected chi connectivity index (χ0v) is 15.3. The number of nitrogens with one attached hydrogen (secondary N) is 1. The molecule has 0 amide bonds. The molecule has 0 aromatic heterocycles. The lowest BCUT2D eigenvalue weighted by molar-refractivity contribution is -0.135. The summed E-state index contributed by atoms with van der Waals surface area (Å²) < 4.78 is 42.1. The van der Waals surface area contributed by atoms with Gasteiger partial charge >= 0.3 is 5.97 Å². The van der Waals surface area contributed by atoms with E-state index in [9.17, 15) is 17.6 Å². The Morgan fingerprint density at radius 1 is 1.21 bits per heavy atom. The molecule has 1 rings (SSSR count). The van der Waals surface area contributed by atoms with Gasteiger partial charge in [-0.05, 0) is 55.7 Å². The summed E-state index contributed by atoms with van der Waals surface area (Å²) in [6.45, 7) is 5.04. The van der Waals surface area contributed by atoms with E-state index in [0.29, 0.717) is 17.6 Å². The largest absolute Gasteiger partial charge is 0.466 e. The van der Waals surface area contributed by atoms with E-state index in [2.05, 4.69) is 5.32 Å². The fourth-order valence-corrected chi connectivity index (χ4v) is 3.11. The molecule has 0 aliphatic carbocycles. The fraction of sp³-hybridized carbons (Fsp3) is 0.353. The molecule has 0 aliphatic rings. The highest BCUT2D eigenvalue weighted by atomic mass is 32.2. The summed E-state index contributed by atoms with van der Waals surface area (Å²) in [5.74, 6) is -1.04. The van der Waals surface area contributed by atoms with Crippen LogP contribution in [0.5, 0.6) is 0 Å². The SMILES string of the molecule is CC/C(C)=C(/N/C(=C(\C)C(=O)OC)c1ccc(F)cc1)S(C)(=O)=O. The summed E-state index contributed by atoms with van der Waals surface area (Å²) in [5, 5.41) is 2.86. The lowest BCUT2D eigenvalue weighted by Crippen LogP contribution is -2.23. The second kappa shape index (κ2) is 8.10. The van der Waals surface area contributed by atoms with Crippen molar-refractivity contribution in [1.82, 2.24) is 5.32 Å². The van der Waals surface area contributed by atoms with Crippen molar-refractivity contribution in [3.05, 3.63) is 51.8 Å². The molecule has 1 N–H and O–H groups in total. The molecular weight excluding hydrogens is 333 g/mol. The van der Waals surface area contributed by atoms with Gasteiger partial charge in [-0.3, -0.25) is 0 Å². The van der Waals surface area contributed by atoms with E-state index in [4.69, 9.17) is 4.74 Å². The number of ether oxygens (including phenoxy) is 1. The maximum atomic E-state index is 13.2. The number of sulfone groups is 1. The van der Waals surface area contributed by atoms with Gasteiger partial charge in [-0.2, -0.15) is 0 Å². The summed E-state index contributed by atoms with van der Waals surface area (Å²) in [7, 11) is -2.31. The highest BCUT2D eigenvalue weighted by molar-refractivity contribution is 7.94. The first-order valence-corrected chi connectivity index (χ1v) is 9.22. The van der Waals surface area contributed by atoms with E-state index >= 15 is 0 Å².